The van der Waals surface area contributed by atoms with Gasteiger partial charge in [0.2, 0.25) is 0 Å². The fraction of sp³-hybridized carbons (Fsp3) is 0.333. The summed E-state index contributed by atoms with van der Waals surface area (Å²) in [6.45, 7) is 8.55. The Labute approximate surface area is 126 Å². The Morgan fingerprint density at radius 3 is 2.81 bits per heavy atom. The van der Waals surface area contributed by atoms with Crippen molar-refractivity contribution < 1.29 is 14.7 Å². The van der Waals surface area contributed by atoms with E-state index in [1.807, 2.05) is 6.92 Å². The van der Waals surface area contributed by atoms with Gasteiger partial charge in [0.05, 0.1) is 15.8 Å². The number of carboxylic acids is 1. The lowest BCUT2D eigenvalue weighted by atomic mass is 10.2. The smallest absolute Gasteiger partial charge is 0.338 e. The van der Waals surface area contributed by atoms with Crippen LogP contribution in [0.3, 0.4) is 0 Å². The highest BCUT2D eigenvalue weighted by Crippen LogP contribution is 2.31. The van der Waals surface area contributed by atoms with Gasteiger partial charge in [0.15, 0.2) is 0 Å². The number of aryl methyl sites for hydroxylation is 1. The minimum Gasteiger partial charge on any atom is -0.478 e. The third-order valence-corrected chi connectivity index (χ3v) is 4.27. The second-order valence-electron chi connectivity index (χ2n) is 4.80. The van der Waals surface area contributed by atoms with Crippen molar-refractivity contribution in [3.05, 3.63) is 34.9 Å². The molecule has 2 aromatic rings. The Bertz CT molecular complexity index is 699. The van der Waals surface area contributed by atoms with E-state index in [1.165, 1.54) is 11.3 Å². The predicted octanol–water partition coefficient (Wildman–Crippen LogP) is 3.27. The van der Waals surface area contributed by atoms with Gasteiger partial charge in [-0.25, -0.2) is 4.79 Å². The van der Waals surface area contributed by atoms with Gasteiger partial charge in [-0.15, -0.1) is 17.9 Å². The number of carbonyl (C=O) groups is 2. The van der Waals surface area contributed by atoms with E-state index in [0.717, 1.165) is 16.0 Å². The molecule has 2 rings (SSSR count). The van der Waals surface area contributed by atoms with Gasteiger partial charge in [0.25, 0.3) is 5.91 Å². The van der Waals surface area contributed by atoms with E-state index >= 15 is 0 Å². The van der Waals surface area contributed by atoms with E-state index in [9.17, 15) is 14.7 Å². The molecule has 0 aliphatic heterocycles. The van der Waals surface area contributed by atoms with Crippen molar-refractivity contribution in [1.82, 2.24) is 9.88 Å². The van der Waals surface area contributed by atoms with Gasteiger partial charge in [-0.3, -0.25) is 4.79 Å². The number of nitrogens with one attached hydrogen (secondary N) is 1. The molecule has 0 atom stereocenters. The summed E-state index contributed by atoms with van der Waals surface area (Å²) >= 11 is 1.38. The van der Waals surface area contributed by atoms with Crippen LogP contribution < -0.4 is 0 Å². The molecular formula is C15H18N2O3S. The third kappa shape index (κ3) is 2.85. The molecule has 0 radical (unpaired) electrons. The number of thiophene rings is 1. The molecule has 1 amide bonds. The molecule has 112 valence electrons. The quantitative estimate of drug-likeness (QED) is 0.804. The van der Waals surface area contributed by atoms with E-state index in [-0.39, 0.29) is 11.5 Å². The highest BCUT2D eigenvalue weighted by molar-refractivity contribution is 7.19. The van der Waals surface area contributed by atoms with E-state index in [2.05, 4.69) is 11.6 Å². The number of fused-ring (bicyclic) bond motifs is 1. The molecule has 2 N–H and O–H groups in total. The average molecular weight is 306 g/mol. The minimum absolute atomic E-state index is 0.130. The molecule has 0 spiro atoms. The van der Waals surface area contributed by atoms with Crippen molar-refractivity contribution in [2.24, 2.45) is 0 Å². The topological polar surface area (TPSA) is 73.4 Å². The van der Waals surface area contributed by atoms with Crippen LogP contribution in [0.2, 0.25) is 0 Å². The van der Waals surface area contributed by atoms with Crippen molar-refractivity contribution in [3.63, 3.8) is 0 Å². The number of aromatic nitrogens is 1. The van der Waals surface area contributed by atoms with Gasteiger partial charge < -0.3 is 15.0 Å². The number of hydrogen-bond donors (Lipinski definition) is 2. The first kappa shape index (κ1) is 15.3. The molecule has 0 saturated heterocycles. The number of aromatic carboxylic acids is 1. The Balaban J connectivity index is 2.40. The second kappa shape index (κ2) is 6.13. The lowest BCUT2D eigenvalue weighted by molar-refractivity contribution is 0.0697. The number of hydrogen-bond acceptors (Lipinski definition) is 3. The van der Waals surface area contributed by atoms with Gasteiger partial charge in [0.1, 0.15) is 5.69 Å². The molecule has 2 aromatic heterocycles. The summed E-state index contributed by atoms with van der Waals surface area (Å²) in [5.74, 6) is -1.11. The minimum atomic E-state index is -0.976. The number of rotatable bonds is 6. The van der Waals surface area contributed by atoms with E-state index in [0.29, 0.717) is 24.3 Å². The van der Waals surface area contributed by atoms with Gasteiger partial charge in [-0.1, -0.05) is 13.0 Å². The number of nitrogens with zero attached hydrogens (tertiary/aromatic N) is 1. The van der Waals surface area contributed by atoms with Crippen LogP contribution in [0.5, 0.6) is 0 Å². The molecule has 0 saturated carbocycles. The van der Waals surface area contributed by atoms with Crippen LogP contribution in [0.1, 0.15) is 39.1 Å². The molecule has 0 aliphatic carbocycles. The van der Waals surface area contributed by atoms with Crippen LogP contribution in [-0.2, 0) is 0 Å². The average Bonchev–Trinajstić information content (AvgIpc) is 2.93. The van der Waals surface area contributed by atoms with Crippen molar-refractivity contribution in [1.29, 1.82) is 0 Å². The first-order valence-electron chi connectivity index (χ1n) is 6.75. The fourth-order valence-corrected chi connectivity index (χ4v) is 3.39. The molecule has 5 nitrogen and oxygen atoms in total. The Morgan fingerprint density at radius 2 is 2.24 bits per heavy atom. The van der Waals surface area contributed by atoms with E-state index < -0.39 is 5.97 Å². The predicted molar refractivity (Wildman–Crippen MR) is 84.3 cm³/mol. The van der Waals surface area contributed by atoms with Crippen molar-refractivity contribution >= 4 is 33.4 Å². The summed E-state index contributed by atoms with van der Waals surface area (Å²) in [6.07, 6.45) is 2.54. The normalized spacial score (nSPS) is 10.8. The number of carbonyl (C=O) groups excluding carboxylic acids is 1. The van der Waals surface area contributed by atoms with Gasteiger partial charge in [0, 0.05) is 18.0 Å². The molecular weight excluding hydrogens is 288 g/mol. The summed E-state index contributed by atoms with van der Waals surface area (Å²) < 4.78 is 0.795. The van der Waals surface area contributed by atoms with Crippen LogP contribution in [-0.4, -0.2) is 40.0 Å². The molecule has 0 unspecified atom stereocenters. The van der Waals surface area contributed by atoms with Crippen molar-refractivity contribution in [3.8, 4) is 0 Å². The zero-order valence-corrected chi connectivity index (χ0v) is 12.9. The second-order valence-corrected chi connectivity index (χ2v) is 6.06. The number of carboxylic acid groups (broad SMARTS) is 1. The van der Waals surface area contributed by atoms with Gasteiger partial charge >= 0.3 is 5.97 Å². The molecule has 0 aliphatic rings. The lowest BCUT2D eigenvalue weighted by Crippen LogP contribution is -2.32. The van der Waals surface area contributed by atoms with E-state index in [1.54, 1.807) is 24.0 Å². The van der Waals surface area contributed by atoms with Crippen LogP contribution >= 0.6 is 11.3 Å². The molecule has 0 aromatic carbocycles. The number of amides is 1. The van der Waals surface area contributed by atoms with Gasteiger partial charge in [-0.05, 0) is 19.4 Å². The molecule has 2 heterocycles. The fourth-order valence-electron chi connectivity index (χ4n) is 2.34. The maximum absolute atomic E-state index is 12.5. The molecule has 0 fully saturated rings. The standard InChI is InChI=1S/C15H18N2O3S/c1-4-6-17(7-5-2)14(18)10-8-11-13(16-10)12(15(19)20)9(3)21-11/h4,8,16H,1,5-7H2,2-3H3,(H,19,20). The number of aromatic amines is 1. The van der Waals surface area contributed by atoms with Crippen LogP contribution in [0.25, 0.3) is 10.2 Å². The van der Waals surface area contributed by atoms with Crippen LogP contribution in [0.4, 0.5) is 0 Å². The van der Waals surface area contributed by atoms with Crippen LogP contribution in [0, 0.1) is 6.92 Å². The highest BCUT2D eigenvalue weighted by Gasteiger charge is 2.22. The van der Waals surface area contributed by atoms with Crippen molar-refractivity contribution in [2.45, 2.75) is 20.3 Å². The monoisotopic (exact) mass is 306 g/mol. The summed E-state index contributed by atoms with van der Waals surface area (Å²) in [5, 5.41) is 9.26. The summed E-state index contributed by atoms with van der Waals surface area (Å²) in [7, 11) is 0. The first-order chi connectivity index (χ1) is 9.99. The highest BCUT2D eigenvalue weighted by atomic mass is 32.1. The third-order valence-electron chi connectivity index (χ3n) is 3.22. The first-order valence-corrected chi connectivity index (χ1v) is 7.56. The number of H-pyrrole nitrogens is 1. The molecule has 21 heavy (non-hydrogen) atoms. The summed E-state index contributed by atoms with van der Waals surface area (Å²) in [4.78, 5) is 29.1. The largest absolute Gasteiger partial charge is 0.478 e. The van der Waals surface area contributed by atoms with Crippen molar-refractivity contribution in [2.75, 3.05) is 13.1 Å². The van der Waals surface area contributed by atoms with Gasteiger partial charge in [-0.2, -0.15) is 0 Å². The molecule has 0 bridgehead atoms. The Morgan fingerprint density at radius 1 is 1.52 bits per heavy atom. The van der Waals surface area contributed by atoms with E-state index in [4.69, 9.17) is 0 Å². The molecule has 6 heteroatoms. The maximum Gasteiger partial charge on any atom is 0.338 e. The summed E-state index contributed by atoms with van der Waals surface area (Å²) in [5.41, 5.74) is 1.21. The SMILES string of the molecule is C=CCN(CCC)C(=O)c1cc2sc(C)c(C(=O)O)c2[nH]1. The zero-order valence-electron chi connectivity index (χ0n) is 12.1. The maximum atomic E-state index is 12.5. The van der Waals surface area contributed by atoms with Crippen LogP contribution in [0.15, 0.2) is 18.7 Å². The lowest BCUT2D eigenvalue weighted by Gasteiger charge is -2.19. The Kier molecular flexibility index (Phi) is 4.47. The Hall–Kier alpha value is -2.08. The zero-order chi connectivity index (χ0) is 15.6. The summed E-state index contributed by atoms with van der Waals surface area (Å²) in [6, 6.07) is 1.73.